The van der Waals surface area contributed by atoms with Gasteiger partial charge in [-0.3, -0.25) is 19.8 Å². The highest BCUT2D eigenvalue weighted by atomic mass is 32.2. The van der Waals surface area contributed by atoms with Crippen molar-refractivity contribution in [2.75, 3.05) is 74.3 Å². The number of likely N-dealkylation sites (tertiary alicyclic amines) is 1. The fraction of sp³-hybridized carbons (Fsp3) is 0.458. The van der Waals surface area contributed by atoms with Crippen molar-refractivity contribution >= 4 is 55.4 Å². The van der Waals surface area contributed by atoms with Crippen LogP contribution in [0.25, 0.3) is 11.0 Å². The van der Waals surface area contributed by atoms with E-state index in [0.717, 1.165) is 61.7 Å². The molecule has 5 aromatic rings. The number of carbonyl (C=O) groups excluding carboxylic acids is 1. The number of aromatic amines is 1. The number of rotatable bonds is 11. The van der Waals surface area contributed by atoms with E-state index in [0.29, 0.717) is 35.0 Å². The van der Waals surface area contributed by atoms with Gasteiger partial charge in [0.25, 0.3) is 21.6 Å². The number of pyridine rings is 1. The van der Waals surface area contributed by atoms with Crippen molar-refractivity contribution in [3.05, 3.63) is 106 Å². The van der Waals surface area contributed by atoms with Crippen LogP contribution in [0.3, 0.4) is 0 Å². The molecule has 352 valence electrons. The van der Waals surface area contributed by atoms with Crippen LogP contribution in [0, 0.1) is 22.5 Å². The zero-order valence-corrected chi connectivity index (χ0v) is 37.9. The van der Waals surface area contributed by atoms with Crippen LogP contribution in [-0.2, 0) is 24.2 Å². The molecule has 2 aromatic heterocycles. The van der Waals surface area contributed by atoms with Gasteiger partial charge < -0.3 is 39.0 Å². The number of halogens is 1. The minimum Gasteiger partial charge on any atom is -0.468 e. The van der Waals surface area contributed by atoms with E-state index in [4.69, 9.17) is 23.9 Å². The number of nitro benzene ring substituents is 1. The molecule has 6 aliphatic rings. The second-order valence-corrected chi connectivity index (χ2v) is 20.6. The van der Waals surface area contributed by atoms with Crippen LogP contribution in [0.15, 0.2) is 83.9 Å². The van der Waals surface area contributed by atoms with E-state index in [2.05, 4.69) is 56.0 Å². The van der Waals surface area contributed by atoms with Gasteiger partial charge in [-0.05, 0) is 111 Å². The summed E-state index contributed by atoms with van der Waals surface area (Å²) in [5.74, 6) is -2.83. The molecular weight excluding hydrogens is 884 g/mol. The number of hydrogen-bond acceptors (Lipinski definition) is 14. The summed E-state index contributed by atoms with van der Waals surface area (Å²) in [5.41, 5.74) is 4.92. The molecule has 1 aliphatic carbocycles. The van der Waals surface area contributed by atoms with E-state index in [1.165, 1.54) is 36.8 Å². The Hall–Kier alpha value is -5.86. The highest BCUT2D eigenvalue weighted by Gasteiger charge is 2.50. The molecule has 1 amide bonds. The number of nitrogens with zero attached hydrogens (tertiary/aromatic N) is 5. The van der Waals surface area contributed by atoms with E-state index in [1.54, 1.807) is 12.3 Å². The molecule has 5 aliphatic heterocycles. The predicted molar refractivity (Wildman–Crippen MR) is 247 cm³/mol. The fourth-order valence-corrected chi connectivity index (χ4v) is 12.3. The van der Waals surface area contributed by atoms with Crippen LogP contribution in [-0.4, -0.2) is 117 Å². The maximum absolute atomic E-state index is 15.1. The smallest absolute Gasteiger partial charge is 0.293 e. The summed E-state index contributed by atoms with van der Waals surface area (Å²) in [6, 6.07) is 21.8. The maximum atomic E-state index is 15.1. The number of fused-ring (bicyclic) bond motifs is 3. The molecule has 0 unspecified atom stereocenters. The summed E-state index contributed by atoms with van der Waals surface area (Å²) in [7, 11) is -4.70. The standard InChI is InChI=1S/C48H53FN8O9S/c1-30-5-2-3-6-35(30)38-7-4-16-55(38)33-24-47(25-33)13-17-54(18-14-47)32-8-10-36(39(22-32)56-41-21-31-12-15-50-44(31)52-46(41)66-43-27-64-26-42(43)56)45(58)53-67(61,62)34-9-11-37(40(23-34)57(59)60)51-28-48(49)29-63-19-20-65-48/h2-3,5-6,8-12,15,21-23,33,38,42-43,51H,4,7,13-14,16-20,24-29H2,1H3,(H,50,52)(H,53,58)/t38-,42+,43+,48+/m0/s1. The van der Waals surface area contributed by atoms with Gasteiger partial charge in [0.1, 0.15) is 29.7 Å². The Morgan fingerprint density at radius 3 is 2.63 bits per heavy atom. The minimum absolute atomic E-state index is 0.0108. The maximum Gasteiger partial charge on any atom is 0.293 e. The number of H-pyrrole nitrogens is 1. The lowest BCUT2D eigenvalue weighted by atomic mass is 9.59. The van der Waals surface area contributed by atoms with Crippen molar-refractivity contribution in [3.8, 4) is 5.88 Å². The third-order valence-corrected chi connectivity index (χ3v) is 16.1. The molecule has 4 saturated heterocycles. The van der Waals surface area contributed by atoms with Gasteiger partial charge in [-0.15, -0.1) is 0 Å². The fourth-order valence-electron chi connectivity index (χ4n) is 11.3. The summed E-state index contributed by atoms with van der Waals surface area (Å²) in [6.07, 6.45) is 8.20. The quantitative estimate of drug-likeness (QED) is 0.0914. The van der Waals surface area contributed by atoms with Gasteiger partial charge in [0.15, 0.2) is 0 Å². The molecule has 17 nitrogen and oxygen atoms in total. The summed E-state index contributed by atoms with van der Waals surface area (Å²) >= 11 is 0. The second-order valence-electron chi connectivity index (χ2n) is 18.9. The summed E-state index contributed by atoms with van der Waals surface area (Å²) in [4.78, 5) is 40.4. The molecule has 1 saturated carbocycles. The van der Waals surface area contributed by atoms with Crippen LogP contribution in [0.1, 0.15) is 66.1 Å². The van der Waals surface area contributed by atoms with Gasteiger partial charge in [0.05, 0.1) is 60.1 Å². The summed E-state index contributed by atoms with van der Waals surface area (Å²) in [5, 5.41) is 15.7. The monoisotopic (exact) mass is 936 g/mol. The number of piperidine rings is 1. The van der Waals surface area contributed by atoms with Crippen molar-refractivity contribution in [1.82, 2.24) is 19.6 Å². The van der Waals surface area contributed by atoms with E-state index in [9.17, 15) is 23.3 Å². The number of hydrogen-bond donors (Lipinski definition) is 3. The molecule has 4 atom stereocenters. The molecule has 0 bridgehead atoms. The van der Waals surface area contributed by atoms with Crippen molar-refractivity contribution in [2.45, 2.75) is 80.4 Å². The molecule has 7 heterocycles. The largest absolute Gasteiger partial charge is 0.468 e. The second kappa shape index (κ2) is 17.0. The van der Waals surface area contributed by atoms with E-state index < -0.39 is 49.9 Å². The average molecular weight is 937 g/mol. The van der Waals surface area contributed by atoms with E-state index in [1.807, 2.05) is 29.2 Å². The molecular formula is C48H53FN8O9S. The van der Waals surface area contributed by atoms with Gasteiger partial charge >= 0.3 is 0 Å². The lowest BCUT2D eigenvalue weighted by Crippen LogP contribution is -2.55. The minimum atomic E-state index is -4.70. The normalized spacial score (nSPS) is 25.1. The number of nitrogens with one attached hydrogen (secondary N) is 3. The number of benzene rings is 3. The van der Waals surface area contributed by atoms with E-state index >= 15 is 4.39 Å². The molecule has 1 spiro atoms. The van der Waals surface area contributed by atoms with Gasteiger partial charge in [-0.1, -0.05) is 24.3 Å². The van der Waals surface area contributed by atoms with Crippen LogP contribution in [0.4, 0.5) is 32.8 Å². The SMILES string of the molecule is Cc1ccccc1[C@@H]1CCCN1C1CC2(CCN(c3ccc(C(=O)NS(=O)(=O)c4ccc(NC[C@]5(F)COCCO5)c([N+](=O)[O-])c4)c(N4c5cc6cc[nH]c6nc5O[C@@H]5COC[C@H]54)c3)CC2)C1. The number of alkyl halides is 1. The van der Waals surface area contributed by atoms with Gasteiger partial charge in [0, 0.05) is 48.5 Å². The summed E-state index contributed by atoms with van der Waals surface area (Å²) in [6.45, 7) is 4.94. The van der Waals surface area contributed by atoms with Crippen LogP contribution >= 0.6 is 0 Å². The highest BCUT2D eigenvalue weighted by Crippen LogP contribution is 2.54. The number of amides is 1. The zero-order chi connectivity index (χ0) is 46.1. The number of anilines is 4. The zero-order valence-electron chi connectivity index (χ0n) is 37.1. The van der Waals surface area contributed by atoms with Crippen LogP contribution in [0.5, 0.6) is 5.88 Å². The lowest BCUT2D eigenvalue weighted by Gasteiger charge is -2.56. The molecule has 19 heteroatoms. The Morgan fingerprint density at radius 1 is 1.00 bits per heavy atom. The summed E-state index contributed by atoms with van der Waals surface area (Å²) < 4.78 is 68.0. The number of aromatic nitrogens is 2. The van der Waals surface area contributed by atoms with E-state index in [-0.39, 0.29) is 55.7 Å². The first-order valence-electron chi connectivity index (χ1n) is 23.1. The van der Waals surface area contributed by atoms with Crippen molar-refractivity contribution in [3.63, 3.8) is 0 Å². The number of aryl methyl sites for hydroxylation is 1. The topological polar surface area (TPSA) is 194 Å². The molecule has 3 aromatic carbocycles. The predicted octanol–water partition coefficient (Wildman–Crippen LogP) is 6.91. The van der Waals surface area contributed by atoms with Crippen molar-refractivity contribution in [2.24, 2.45) is 5.41 Å². The molecule has 11 rings (SSSR count). The number of nitro groups is 1. The lowest BCUT2D eigenvalue weighted by molar-refractivity contribution is -0.384. The van der Waals surface area contributed by atoms with Crippen molar-refractivity contribution in [1.29, 1.82) is 0 Å². The molecule has 3 N–H and O–H groups in total. The third kappa shape index (κ3) is 8.13. The van der Waals surface area contributed by atoms with Gasteiger partial charge in [0.2, 0.25) is 11.7 Å². The molecule has 5 fully saturated rings. The van der Waals surface area contributed by atoms with Gasteiger partial charge in [-0.25, -0.2) is 17.5 Å². The van der Waals surface area contributed by atoms with Crippen LogP contribution < -0.4 is 24.6 Å². The average Bonchev–Trinajstić information content (AvgIpc) is 4.11. The molecule has 0 radical (unpaired) electrons. The Balaban J connectivity index is 0.872. The molecule has 67 heavy (non-hydrogen) atoms. The Bertz CT molecular complexity index is 2840. The van der Waals surface area contributed by atoms with Gasteiger partial charge in [-0.2, -0.15) is 4.98 Å². The highest BCUT2D eigenvalue weighted by molar-refractivity contribution is 7.90. The number of ether oxygens (including phenoxy) is 4. The Kier molecular flexibility index (Phi) is 11.1. The number of carbonyl (C=O) groups is 1. The first kappa shape index (κ1) is 43.7. The first-order valence-corrected chi connectivity index (χ1v) is 24.6. The Labute approximate surface area is 387 Å². The van der Waals surface area contributed by atoms with Crippen molar-refractivity contribution < 1.29 is 41.5 Å². The number of sulfonamides is 1. The Morgan fingerprint density at radius 2 is 1.84 bits per heavy atom. The van der Waals surface area contributed by atoms with Crippen LogP contribution in [0.2, 0.25) is 0 Å². The third-order valence-electron chi connectivity index (χ3n) is 14.8. The first-order chi connectivity index (χ1) is 32.4.